The van der Waals surface area contributed by atoms with Crippen LogP contribution in [0.3, 0.4) is 0 Å². The number of pyridine rings is 1. The van der Waals surface area contributed by atoms with Gasteiger partial charge in [-0.3, -0.25) is 4.79 Å². The Morgan fingerprint density at radius 1 is 1.00 bits per heavy atom. The molecule has 1 aromatic heterocycles. The molecule has 15 heavy (non-hydrogen) atoms. The first-order valence-corrected chi connectivity index (χ1v) is 4.48. The molecule has 0 radical (unpaired) electrons. The molecule has 0 aliphatic rings. The Labute approximate surface area is 86.4 Å². The number of hydrogen-bond acceptors (Lipinski definition) is 2. The summed E-state index contributed by atoms with van der Waals surface area (Å²) < 4.78 is 12.5. The zero-order valence-electron chi connectivity index (χ0n) is 7.85. The maximum atomic E-state index is 12.5. The van der Waals surface area contributed by atoms with Gasteiger partial charge in [0.15, 0.2) is 5.78 Å². The topological polar surface area (TPSA) is 30.0 Å². The third-order valence-corrected chi connectivity index (χ3v) is 2.03. The van der Waals surface area contributed by atoms with Gasteiger partial charge in [0.25, 0.3) is 0 Å². The Morgan fingerprint density at radius 3 is 2.33 bits per heavy atom. The summed E-state index contributed by atoms with van der Waals surface area (Å²) in [6.07, 6.45) is 1.24. The predicted molar refractivity (Wildman–Crippen MR) is 54.1 cm³/mol. The van der Waals surface area contributed by atoms with Crippen LogP contribution < -0.4 is 0 Å². The van der Waals surface area contributed by atoms with E-state index in [4.69, 9.17) is 0 Å². The van der Waals surface area contributed by atoms with Crippen LogP contribution in [0.2, 0.25) is 0 Å². The van der Waals surface area contributed by atoms with Crippen molar-refractivity contribution in [2.75, 3.05) is 0 Å². The van der Waals surface area contributed by atoms with Gasteiger partial charge in [0, 0.05) is 17.3 Å². The molecule has 0 aliphatic carbocycles. The first kappa shape index (κ1) is 9.52. The van der Waals surface area contributed by atoms with Crippen molar-refractivity contribution in [2.24, 2.45) is 0 Å². The number of hydrogen-bond donors (Lipinski definition) is 0. The zero-order chi connectivity index (χ0) is 10.7. The highest BCUT2D eigenvalue weighted by Crippen LogP contribution is 2.08. The van der Waals surface area contributed by atoms with E-state index >= 15 is 0 Å². The number of rotatable bonds is 2. The first-order valence-electron chi connectivity index (χ1n) is 4.48. The van der Waals surface area contributed by atoms with Crippen molar-refractivity contribution in [3.63, 3.8) is 0 Å². The fourth-order valence-electron chi connectivity index (χ4n) is 1.27. The summed E-state index contributed by atoms with van der Waals surface area (Å²) in [6.45, 7) is 0. The summed E-state index contributed by atoms with van der Waals surface area (Å²) in [5.41, 5.74) is 0.966. The van der Waals surface area contributed by atoms with Gasteiger partial charge in [-0.25, -0.2) is 4.98 Å². The van der Waals surface area contributed by atoms with Crippen LogP contribution in [0.15, 0.2) is 48.7 Å². The number of nitrogens with zero attached hydrogens (tertiary/aromatic N) is 1. The van der Waals surface area contributed by atoms with Crippen molar-refractivity contribution in [2.45, 2.75) is 0 Å². The lowest BCUT2D eigenvalue weighted by atomic mass is 10.1. The molecule has 2 nitrogen and oxygen atoms in total. The second-order valence-electron chi connectivity index (χ2n) is 3.06. The molecule has 2 aromatic rings. The van der Waals surface area contributed by atoms with E-state index < -0.39 is 5.95 Å². The molecular weight excluding hydrogens is 193 g/mol. The van der Waals surface area contributed by atoms with Gasteiger partial charge in [-0.15, -0.1) is 0 Å². The minimum absolute atomic E-state index is 0.150. The van der Waals surface area contributed by atoms with Gasteiger partial charge in [0.2, 0.25) is 5.95 Å². The Bertz CT molecular complexity index is 465. The Balaban J connectivity index is 2.33. The van der Waals surface area contributed by atoms with Crippen LogP contribution in [0, 0.1) is 5.95 Å². The van der Waals surface area contributed by atoms with Crippen LogP contribution in [-0.4, -0.2) is 10.8 Å². The standard InChI is InChI=1S/C12H8FNO/c13-11-7-6-10(8-14-11)12(15)9-4-2-1-3-5-9/h1-8H. The molecule has 0 atom stereocenters. The quantitative estimate of drug-likeness (QED) is 0.551. The van der Waals surface area contributed by atoms with E-state index in [0.717, 1.165) is 0 Å². The van der Waals surface area contributed by atoms with Crippen LogP contribution in [0.1, 0.15) is 15.9 Å². The molecule has 0 unspecified atom stereocenters. The Hall–Kier alpha value is -2.03. The maximum absolute atomic E-state index is 12.5. The van der Waals surface area contributed by atoms with E-state index in [1.807, 2.05) is 6.07 Å². The second-order valence-corrected chi connectivity index (χ2v) is 3.06. The predicted octanol–water partition coefficient (Wildman–Crippen LogP) is 2.45. The summed E-state index contributed by atoms with van der Waals surface area (Å²) in [6, 6.07) is 11.4. The van der Waals surface area contributed by atoms with Crippen LogP contribution in [-0.2, 0) is 0 Å². The highest BCUT2D eigenvalue weighted by atomic mass is 19.1. The third-order valence-electron chi connectivity index (χ3n) is 2.03. The summed E-state index contributed by atoms with van der Waals surface area (Å²) in [5, 5.41) is 0. The van der Waals surface area contributed by atoms with E-state index in [9.17, 15) is 9.18 Å². The fraction of sp³-hybridized carbons (Fsp3) is 0. The minimum atomic E-state index is -0.584. The first-order chi connectivity index (χ1) is 7.27. The number of ketones is 1. The summed E-state index contributed by atoms with van der Waals surface area (Å²) in [4.78, 5) is 15.2. The third kappa shape index (κ3) is 2.07. The monoisotopic (exact) mass is 201 g/mol. The highest BCUT2D eigenvalue weighted by Gasteiger charge is 2.08. The van der Waals surface area contributed by atoms with Gasteiger partial charge < -0.3 is 0 Å². The molecule has 0 saturated heterocycles. The van der Waals surface area contributed by atoms with Gasteiger partial charge in [-0.1, -0.05) is 30.3 Å². The number of carbonyl (C=O) groups excluding carboxylic acids is 1. The second kappa shape index (κ2) is 4.00. The lowest BCUT2D eigenvalue weighted by Crippen LogP contribution is -2.01. The van der Waals surface area contributed by atoms with E-state index in [-0.39, 0.29) is 5.78 Å². The molecule has 2 rings (SSSR count). The molecule has 0 spiro atoms. The molecule has 1 aromatic carbocycles. The number of benzene rings is 1. The number of carbonyl (C=O) groups is 1. The largest absolute Gasteiger partial charge is 0.289 e. The minimum Gasteiger partial charge on any atom is -0.289 e. The van der Waals surface area contributed by atoms with E-state index in [1.54, 1.807) is 24.3 Å². The van der Waals surface area contributed by atoms with Crippen molar-refractivity contribution in [1.82, 2.24) is 4.98 Å². The van der Waals surface area contributed by atoms with Crippen LogP contribution in [0.4, 0.5) is 4.39 Å². The van der Waals surface area contributed by atoms with Crippen molar-refractivity contribution < 1.29 is 9.18 Å². The van der Waals surface area contributed by atoms with Crippen molar-refractivity contribution in [3.05, 3.63) is 65.7 Å². The van der Waals surface area contributed by atoms with Crippen LogP contribution in [0.5, 0.6) is 0 Å². The van der Waals surface area contributed by atoms with Crippen molar-refractivity contribution in [3.8, 4) is 0 Å². The van der Waals surface area contributed by atoms with E-state index in [0.29, 0.717) is 11.1 Å². The molecule has 1 heterocycles. The van der Waals surface area contributed by atoms with Gasteiger partial charge in [0.1, 0.15) is 0 Å². The van der Waals surface area contributed by atoms with Gasteiger partial charge >= 0.3 is 0 Å². The lowest BCUT2D eigenvalue weighted by Gasteiger charge is -1.99. The zero-order valence-corrected chi connectivity index (χ0v) is 7.85. The average molecular weight is 201 g/mol. The number of aromatic nitrogens is 1. The van der Waals surface area contributed by atoms with Gasteiger partial charge in [-0.2, -0.15) is 4.39 Å². The average Bonchev–Trinajstić information content (AvgIpc) is 2.30. The van der Waals surface area contributed by atoms with E-state index in [1.165, 1.54) is 18.3 Å². The summed E-state index contributed by atoms with van der Waals surface area (Å²) in [7, 11) is 0. The molecule has 0 N–H and O–H groups in total. The van der Waals surface area contributed by atoms with E-state index in [2.05, 4.69) is 4.98 Å². The van der Waals surface area contributed by atoms with Crippen molar-refractivity contribution in [1.29, 1.82) is 0 Å². The maximum Gasteiger partial charge on any atom is 0.212 e. The normalized spacial score (nSPS) is 9.93. The van der Waals surface area contributed by atoms with Crippen LogP contribution in [0.25, 0.3) is 0 Å². The molecule has 3 heteroatoms. The molecule has 0 bridgehead atoms. The van der Waals surface area contributed by atoms with Crippen LogP contribution >= 0.6 is 0 Å². The summed E-state index contributed by atoms with van der Waals surface area (Å²) in [5.74, 6) is -0.734. The van der Waals surface area contributed by atoms with Gasteiger partial charge in [0.05, 0.1) is 0 Å². The molecule has 0 aliphatic heterocycles. The van der Waals surface area contributed by atoms with Crippen molar-refractivity contribution >= 4 is 5.78 Å². The Kier molecular flexibility index (Phi) is 2.54. The number of halogens is 1. The highest BCUT2D eigenvalue weighted by molar-refractivity contribution is 6.08. The molecule has 0 amide bonds. The lowest BCUT2D eigenvalue weighted by molar-refractivity contribution is 0.103. The smallest absolute Gasteiger partial charge is 0.212 e. The SMILES string of the molecule is O=C(c1ccccc1)c1ccc(F)nc1. The van der Waals surface area contributed by atoms with Gasteiger partial charge in [-0.05, 0) is 12.1 Å². The molecular formula is C12H8FNO. The molecule has 0 fully saturated rings. The summed E-state index contributed by atoms with van der Waals surface area (Å²) >= 11 is 0. The fourth-order valence-corrected chi connectivity index (χ4v) is 1.27. The molecule has 0 saturated carbocycles. The Morgan fingerprint density at radius 2 is 1.73 bits per heavy atom. The molecule has 74 valence electrons.